The first kappa shape index (κ1) is 22.7. The molecule has 1 N–H and O–H groups in total. The number of nitrogens with zero attached hydrogens (tertiary/aromatic N) is 3. The van der Waals surface area contributed by atoms with Crippen LogP contribution in [0.15, 0.2) is 54.6 Å². The predicted molar refractivity (Wildman–Crippen MR) is 126 cm³/mol. The lowest BCUT2D eigenvalue weighted by atomic mass is 10.1. The SMILES string of the molecule is CC(NC(=O)c1ccc(F)cc1)c1ccc2c(n1)CCCN2c1cccc(OC(C)(C)C)n1. The third-order valence-corrected chi connectivity index (χ3v) is 5.35. The summed E-state index contributed by atoms with van der Waals surface area (Å²) >= 11 is 0. The molecule has 1 aliphatic rings. The van der Waals surface area contributed by atoms with Gasteiger partial charge in [-0.15, -0.1) is 0 Å². The lowest BCUT2D eigenvalue weighted by Gasteiger charge is -2.31. The van der Waals surface area contributed by atoms with Gasteiger partial charge in [0.2, 0.25) is 5.88 Å². The number of nitrogens with one attached hydrogen (secondary N) is 1. The standard InChI is InChI=1S/C26H29FN4O2/c1-17(28-25(32)18-10-12-19(27)13-11-18)20-14-15-22-21(29-20)7-6-16-31(22)23-8-5-9-24(30-23)33-26(2,3)4/h5,8-15,17H,6-7,16H2,1-4H3,(H,28,32). The summed E-state index contributed by atoms with van der Waals surface area (Å²) in [5, 5.41) is 2.94. The highest BCUT2D eigenvalue weighted by Crippen LogP contribution is 2.33. The molecule has 3 heterocycles. The summed E-state index contributed by atoms with van der Waals surface area (Å²) < 4.78 is 19.1. The van der Waals surface area contributed by atoms with Crippen molar-refractivity contribution in [1.82, 2.24) is 15.3 Å². The number of aromatic nitrogens is 2. The van der Waals surface area contributed by atoms with E-state index in [1.165, 1.54) is 24.3 Å². The fourth-order valence-corrected chi connectivity index (χ4v) is 3.82. The smallest absolute Gasteiger partial charge is 0.251 e. The Labute approximate surface area is 193 Å². The lowest BCUT2D eigenvalue weighted by molar-refractivity contribution is 0.0939. The molecule has 0 bridgehead atoms. The van der Waals surface area contributed by atoms with Gasteiger partial charge in [0.1, 0.15) is 17.2 Å². The van der Waals surface area contributed by atoms with Crippen molar-refractivity contribution in [1.29, 1.82) is 0 Å². The summed E-state index contributed by atoms with van der Waals surface area (Å²) in [6.45, 7) is 8.74. The van der Waals surface area contributed by atoms with Gasteiger partial charge in [0.05, 0.1) is 23.1 Å². The first-order valence-electron chi connectivity index (χ1n) is 11.2. The zero-order valence-electron chi connectivity index (χ0n) is 19.4. The molecule has 6 nitrogen and oxygen atoms in total. The molecule has 3 aromatic rings. The molecule has 33 heavy (non-hydrogen) atoms. The van der Waals surface area contributed by atoms with Gasteiger partial charge in [-0.2, -0.15) is 4.98 Å². The van der Waals surface area contributed by atoms with E-state index < -0.39 is 0 Å². The molecule has 1 amide bonds. The average molecular weight is 449 g/mol. The van der Waals surface area contributed by atoms with Gasteiger partial charge in [-0.25, -0.2) is 4.39 Å². The third kappa shape index (κ3) is 5.48. The summed E-state index contributed by atoms with van der Waals surface area (Å²) in [7, 11) is 0. The van der Waals surface area contributed by atoms with Gasteiger partial charge in [-0.1, -0.05) is 6.07 Å². The van der Waals surface area contributed by atoms with Crippen molar-refractivity contribution < 1.29 is 13.9 Å². The number of anilines is 2. The molecule has 172 valence electrons. The number of pyridine rings is 2. The highest BCUT2D eigenvalue weighted by Gasteiger charge is 2.23. The van der Waals surface area contributed by atoms with Crippen LogP contribution in [0.5, 0.6) is 5.88 Å². The summed E-state index contributed by atoms with van der Waals surface area (Å²) in [6, 6.07) is 15.0. The van der Waals surface area contributed by atoms with Crippen LogP contribution in [0, 0.1) is 5.82 Å². The Bertz CT molecular complexity index is 1140. The van der Waals surface area contributed by atoms with Crippen LogP contribution in [0.4, 0.5) is 15.9 Å². The number of fused-ring (bicyclic) bond motifs is 1. The summed E-state index contributed by atoms with van der Waals surface area (Å²) in [5.41, 5.74) is 2.86. The van der Waals surface area contributed by atoms with Gasteiger partial charge < -0.3 is 15.0 Å². The van der Waals surface area contributed by atoms with Crippen LogP contribution >= 0.6 is 0 Å². The van der Waals surface area contributed by atoms with Crippen LogP contribution in [-0.4, -0.2) is 28.0 Å². The Morgan fingerprint density at radius 1 is 1.09 bits per heavy atom. The third-order valence-electron chi connectivity index (χ3n) is 5.35. The molecule has 0 radical (unpaired) electrons. The van der Waals surface area contributed by atoms with Gasteiger partial charge >= 0.3 is 0 Å². The molecule has 4 rings (SSSR count). The van der Waals surface area contributed by atoms with Crippen molar-refractivity contribution in [3.8, 4) is 5.88 Å². The highest BCUT2D eigenvalue weighted by molar-refractivity contribution is 5.94. The summed E-state index contributed by atoms with van der Waals surface area (Å²) in [4.78, 5) is 24.2. The molecule has 1 atom stereocenters. The predicted octanol–water partition coefficient (Wildman–Crippen LogP) is 5.37. The van der Waals surface area contributed by atoms with Crippen LogP contribution in [0.1, 0.15) is 61.9 Å². The van der Waals surface area contributed by atoms with E-state index in [1.807, 2.05) is 58.0 Å². The minimum absolute atomic E-state index is 0.261. The maximum Gasteiger partial charge on any atom is 0.251 e. The number of benzene rings is 1. The summed E-state index contributed by atoms with van der Waals surface area (Å²) in [6.07, 6.45) is 1.81. The summed E-state index contributed by atoms with van der Waals surface area (Å²) in [5.74, 6) is 0.785. The average Bonchev–Trinajstić information content (AvgIpc) is 2.77. The van der Waals surface area contributed by atoms with E-state index in [-0.39, 0.29) is 23.4 Å². The quantitative estimate of drug-likeness (QED) is 0.569. The van der Waals surface area contributed by atoms with Crippen LogP contribution in [0.3, 0.4) is 0 Å². The number of hydrogen-bond donors (Lipinski definition) is 1. The maximum absolute atomic E-state index is 13.1. The van der Waals surface area contributed by atoms with E-state index in [9.17, 15) is 9.18 Å². The second-order valence-corrected chi connectivity index (χ2v) is 9.21. The lowest BCUT2D eigenvalue weighted by Crippen LogP contribution is -2.29. The molecule has 1 unspecified atom stereocenters. The normalized spacial score (nSPS) is 14.4. The molecule has 0 spiro atoms. The van der Waals surface area contributed by atoms with E-state index in [4.69, 9.17) is 14.7 Å². The van der Waals surface area contributed by atoms with Crippen molar-refractivity contribution in [2.45, 2.75) is 52.2 Å². The van der Waals surface area contributed by atoms with Gasteiger partial charge in [-0.05, 0) is 83.0 Å². The number of aryl methyl sites for hydroxylation is 1. The number of carbonyl (C=O) groups is 1. The molecular formula is C26H29FN4O2. The number of amides is 1. The Hall–Kier alpha value is -3.48. The van der Waals surface area contributed by atoms with Gasteiger partial charge in [0.15, 0.2) is 0 Å². The largest absolute Gasteiger partial charge is 0.472 e. The number of halogens is 1. The van der Waals surface area contributed by atoms with Crippen molar-refractivity contribution in [3.63, 3.8) is 0 Å². The van der Waals surface area contributed by atoms with E-state index in [0.717, 1.165) is 42.3 Å². The number of ether oxygens (including phenoxy) is 1. The fraction of sp³-hybridized carbons (Fsp3) is 0.346. The molecule has 0 saturated carbocycles. The molecular weight excluding hydrogens is 419 g/mol. The van der Waals surface area contributed by atoms with E-state index in [0.29, 0.717) is 11.4 Å². The number of hydrogen-bond acceptors (Lipinski definition) is 5. The Morgan fingerprint density at radius 3 is 2.58 bits per heavy atom. The maximum atomic E-state index is 13.1. The van der Waals surface area contributed by atoms with Crippen LogP contribution in [-0.2, 0) is 6.42 Å². The minimum atomic E-state index is -0.370. The van der Waals surface area contributed by atoms with E-state index >= 15 is 0 Å². The van der Waals surface area contributed by atoms with Crippen molar-refractivity contribution >= 4 is 17.4 Å². The number of rotatable bonds is 5. The first-order valence-corrected chi connectivity index (χ1v) is 11.2. The van der Waals surface area contributed by atoms with Crippen LogP contribution < -0.4 is 15.0 Å². The Kier molecular flexibility index (Phi) is 6.31. The molecule has 1 aromatic carbocycles. The van der Waals surface area contributed by atoms with Gasteiger partial charge in [0.25, 0.3) is 5.91 Å². The topological polar surface area (TPSA) is 67.4 Å². The van der Waals surface area contributed by atoms with Crippen molar-refractivity contribution in [2.24, 2.45) is 0 Å². The second kappa shape index (κ2) is 9.17. The monoisotopic (exact) mass is 448 g/mol. The van der Waals surface area contributed by atoms with Gasteiger partial charge in [-0.3, -0.25) is 9.78 Å². The molecule has 0 aliphatic carbocycles. The van der Waals surface area contributed by atoms with Gasteiger partial charge in [0, 0.05) is 18.2 Å². The zero-order valence-corrected chi connectivity index (χ0v) is 19.4. The van der Waals surface area contributed by atoms with E-state index in [1.54, 1.807) is 0 Å². The highest BCUT2D eigenvalue weighted by atomic mass is 19.1. The first-order chi connectivity index (χ1) is 15.7. The number of carbonyl (C=O) groups excluding carboxylic acids is 1. The molecule has 0 saturated heterocycles. The van der Waals surface area contributed by atoms with Crippen LogP contribution in [0.2, 0.25) is 0 Å². The van der Waals surface area contributed by atoms with E-state index in [2.05, 4.69) is 10.2 Å². The Balaban J connectivity index is 1.53. The van der Waals surface area contributed by atoms with Crippen molar-refractivity contribution in [3.05, 3.63) is 77.4 Å². The fourth-order valence-electron chi connectivity index (χ4n) is 3.82. The Morgan fingerprint density at radius 2 is 1.85 bits per heavy atom. The molecule has 0 fully saturated rings. The molecule has 7 heteroatoms. The minimum Gasteiger partial charge on any atom is -0.472 e. The zero-order chi connectivity index (χ0) is 23.6. The van der Waals surface area contributed by atoms with Crippen LogP contribution in [0.25, 0.3) is 0 Å². The molecule has 2 aromatic heterocycles. The second-order valence-electron chi connectivity index (χ2n) is 9.21. The molecule has 1 aliphatic heterocycles. The van der Waals surface area contributed by atoms with Crippen molar-refractivity contribution in [2.75, 3.05) is 11.4 Å².